The molecule has 0 unspecified atom stereocenters. The van der Waals surface area contributed by atoms with Crippen molar-refractivity contribution in [2.24, 2.45) is 0 Å². The molecule has 0 saturated carbocycles. The molecule has 3 heterocycles. The van der Waals surface area contributed by atoms with Gasteiger partial charge in [0.15, 0.2) is 43.1 Å². The number of carbonyl (C=O) groups is 10. The van der Waals surface area contributed by atoms with E-state index in [4.69, 9.17) is 56.8 Å². The highest BCUT2D eigenvalue weighted by Gasteiger charge is 2.57. The fourth-order valence-electron chi connectivity index (χ4n) is 8.71. The van der Waals surface area contributed by atoms with Crippen LogP contribution in [0.15, 0.2) is 60.8 Å². The van der Waals surface area contributed by atoms with Gasteiger partial charge in [0, 0.05) is 86.0 Å². The summed E-state index contributed by atoms with van der Waals surface area (Å²) in [5, 5.41) is 14.1. The third-order valence-electron chi connectivity index (χ3n) is 12.1. The summed E-state index contributed by atoms with van der Waals surface area (Å²) < 4.78 is 69.7. The molecule has 2 saturated heterocycles. The lowest BCUT2D eigenvalue weighted by atomic mass is 9.96. The summed E-state index contributed by atoms with van der Waals surface area (Å²) >= 11 is 0. The standard InChI is InChI=1S/C54H69N5O22/c1-30(60)72-28-42-45(74-32(3)62)47(75-33(4)63)50(78-36(7)66)54(80-42)81-46-43(29-73-31(2)61)79-53(49(77-35(6)65)48(46)76-34(5)64)71-24-22-40-27-59(58-57-40)26-38-18-20-39(21-19-38)51(68)55-23-14-10-13-17-44(67)56-41(52(69)70-8)25-37-15-11-9-12-16-37/h9,11-12,15-16,18-21,27,41-43,45-50,53-54H,10,13-14,17,22-26,28-29H2,1-8H3,(H,55,68)(H,56,67)/t41-,42+,43+,45+,46+,47-,48-,49+,50+,53+,54-/m0/s1. The van der Waals surface area contributed by atoms with E-state index < -0.39 is 128 Å². The van der Waals surface area contributed by atoms with Gasteiger partial charge in [-0.05, 0) is 36.1 Å². The van der Waals surface area contributed by atoms with E-state index in [0.717, 1.165) is 59.6 Å². The van der Waals surface area contributed by atoms with Gasteiger partial charge in [-0.15, -0.1) is 5.10 Å². The summed E-state index contributed by atoms with van der Waals surface area (Å²) in [6.45, 7) is 6.71. The third kappa shape index (κ3) is 20.9. The molecule has 1 aromatic heterocycles. The second-order valence-corrected chi connectivity index (χ2v) is 18.8. The van der Waals surface area contributed by atoms with Crippen LogP contribution in [0, 0.1) is 0 Å². The fraction of sp³-hybridized carbons (Fsp3) is 0.556. The van der Waals surface area contributed by atoms with Gasteiger partial charge >= 0.3 is 47.8 Å². The quantitative estimate of drug-likeness (QED) is 0.0593. The van der Waals surface area contributed by atoms with Crippen molar-refractivity contribution in [1.29, 1.82) is 0 Å². The average Bonchev–Trinajstić information content (AvgIpc) is 3.98. The van der Waals surface area contributed by atoms with Crippen molar-refractivity contribution in [3.63, 3.8) is 0 Å². The van der Waals surface area contributed by atoms with Gasteiger partial charge in [0.1, 0.15) is 37.6 Å². The topological polar surface area (TPSA) is 336 Å². The molecule has 0 spiro atoms. The minimum Gasteiger partial charge on any atom is -0.467 e. The highest BCUT2D eigenvalue weighted by molar-refractivity contribution is 5.94. The number of esters is 8. The van der Waals surface area contributed by atoms with Crippen molar-refractivity contribution in [2.45, 2.75) is 161 Å². The largest absolute Gasteiger partial charge is 0.467 e. The summed E-state index contributed by atoms with van der Waals surface area (Å²) in [6.07, 6.45) is -12.0. The first-order valence-electron chi connectivity index (χ1n) is 26.0. The van der Waals surface area contributed by atoms with Crippen molar-refractivity contribution < 1.29 is 105 Å². The highest BCUT2D eigenvalue weighted by Crippen LogP contribution is 2.36. The molecule has 81 heavy (non-hydrogen) atoms. The van der Waals surface area contributed by atoms with Crippen LogP contribution in [-0.4, -0.2) is 175 Å². The summed E-state index contributed by atoms with van der Waals surface area (Å²) in [6, 6.07) is 15.4. The Hall–Kier alpha value is -7.88. The molecule has 0 bridgehead atoms. The Morgan fingerprint density at radius 2 is 1.15 bits per heavy atom. The number of unbranched alkanes of at least 4 members (excludes halogenated alkanes) is 2. The van der Waals surface area contributed by atoms with E-state index in [1.54, 1.807) is 35.1 Å². The lowest BCUT2D eigenvalue weighted by molar-refractivity contribution is -0.361. The zero-order valence-corrected chi connectivity index (χ0v) is 46.2. The number of hydrogen-bond donors (Lipinski definition) is 2. The van der Waals surface area contributed by atoms with E-state index >= 15 is 0 Å². The van der Waals surface area contributed by atoms with Gasteiger partial charge in [0.05, 0.1) is 26.0 Å². The SMILES string of the molecule is COC(=O)[C@H](Cc1ccccc1)NC(=O)CCCCCNC(=O)c1ccc(Cn2cc(CCO[C@@H]3O[C@H](COC(C)=O)[C@@H](O[C@@H]4O[C@H](COC(C)=O)[C@@H](OC(C)=O)[C@H](OC(C)=O)[C@H]4OC(C)=O)[C@H](OC(C)=O)[C@H]3OC(C)=O)nn2)cc1. The summed E-state index contributed by atoms with van der Waals surface area (Å²) in [5.74, 6) is -7.15. The zero-order chi connectivity index (χ0) is 59.2. The number of nitrogens with one attached hydrogen (secondary N) is 2. The lowest BCUT2D eigenvalue weighted by Gasteiger charge is -2.48. The molecular formula is C54H69N5O22. The van der Waals surface area contributed by atoms with E-state index in [1.165, 1.54) is 7.11 Å². The molecule has 442 valence electrons. The van der Waals surface area contributed by atoms with Crippen molar-refractivity contribution in [3.8, 4) is 0 Å². The Morgan fingerprint density at radius 1 is 0.605 bits per heavy atom. The van der Waals surface area contributed by atoms with Gasteiger partial charge in [-0.1, -0.05) is 54.1 Å². The molecule has 27 nitrogen and oxygen atoms in total. The maximum atomic E-state index is 12.9. The molecule has 0 aliphatic carbocycles. The Balaban J connectivity index is 1.20. The molecule has 5 rings (SSSR count). The highest BCUT2D eigenvalue weighted by atomic mass is 16.8. The number of nitrogens with zero attached hydrogens (tertiary/aromatic N) is 3. The predicted molar refractivity (Wildman–Crippen MR) is 273 cm³/mol. The number of aromatic nitrogens is 3. The average molecular weight is 1140 g/mol. The van der Waals surface area contributed by atoms with E-state index in [2.05, 4.69) is 20.9 Å². The number of methoxy groups -OCH3 is 1. The van der Waals surface area contributed by atoms with Gasteiger partial charge in [-0.25, -0.2) is 9.48 Å². The van der Waals surface area contributed by atoms with Crippen molar-refractivity contribution >= 4 is 59.6 Å². The molecule has 0 radical (unpaired) electrons. The van der Waals surface area contributed by atoms with Gasteiger partial charge in [-0.2, -0.15) is 0 Å². The molecule has 2 fully saturated rings. The van der Waals surface area contributed by atoms with Crippen LogP contribution in [0.25, 0.3) is 0 Å². The Labute approximate surface area is 466 Å². The van der Waals surface area contributed by atoms with Gasteiger partial charge < -0.3 is 67.5 Å². The van der Waals surface area contributed by atoms with Crippen LogP contribution >= 0.6 is 0 Å². The molecule has 2 aromatic carbocycles. The van der Waals surface area contributed by atoms with Crippen LogP contribution in [0.5, 0.6) is 0 Å². The van der Waals surface area contributed by atoms with E-state index in [1.807, 2.05) is 30.3 Å². The number of hydrogen-bond acceptors (Lipinski definition) is 24. The van der Waals surface area contributed by atoms with Crippen LogP contribution in [0.2, 0.25) is 0 Å². The number of carbonyl (C=O) groups excluding carboxylic acids is 10. The first-order chi connectivity index (χ1) is 38.6. The van der Waals surface area contributed by atoms with Crippen LogP contribution in [0.3, 0.4) is 0 Å². The van der Waals surface area contributed by atoms with Crippen LogP contribution in [-0.2, 0) is 119 Å². The monoisotopic (exact) mass is 1140 g/mol. The molecule has 2 aliphatic heterocycles. The van der Waals surface area contributed by atoms with Crippen LogP contribution in [0.1, 0.15) is 101 Å². The molecule has 2 amide bonds. The first kappa shape index (κ1) is 63.9. The predicted octanol–water partition coefficient (Wildman–Crippen LogP) is 1.70. The molecule has 2 aliphatic rings. The summed E-state index contributed by atoms with van der Waals surface area (Å²) in [7, 11) is 1.28. The Kier molecular flexibility index (Phi) is 25.1. The van der Waals surface area contributed by atoms with Crippen molar-refractivity contribution in [1.82, 2.24) is 25.6 Å². The molecule has 27 heteroatoms. The van der Waals surface area contributed by atoms with Gasteiger partial charge in [-0.3, -0.25) is 43.2 Å². The number of ether oxygens (including phenoxy) is 12. The Bertz CT molecular complexity index is 2630. The van der Waals surface area contributed by atoms with Crippen molar-refractivity contribution in [3.05, 3.63) is 83.2 Å². The van der Waals surface area contributed by atoms with Crippen LogP contribution in [0.4, 0.5) is 0 Å². The van der Waals surface area contributed by atoms with Gasteiger partial charge in [0.2, 0.25) is 5.91 Å². The molecule has 2 N–H and O–H groups in total. The third-order valence-corrected chi connectivity index (χ3v) is 12.1. The van der Waals surface area contributed by atoms with E-state index in [-0.39, 0.29) is 37.8 Å². The smallest absolute Gasteiger partial charge is 0.328 e. The zero-order valence-electron chi connectivity index (χ0n) is 46.2. The maximum absolute atomic E-state index is 12.9. The van der Waals surface area contributed by atoms with Gasteiger partial charge in [0.25, 0.3) is 5.91 Å². The second-order valence-electron chi connectivity index (χ2n) is 18.8. The van der Waals surface area contributed by atoms with Crippen molar-refractivity contribution in [2.75, 3.05) is 33.5 Å². The van der Waals surface area contributed by atoms with Crippen LogP contribution < -0.4 is 10.6 Å². The fourth-order valence-corrected chi connectivity index (χ4v) is 8.71. The maximum Gasteiger partial charge on any atom is 0.328 e. The summed E-state index contributed by atoms with van der Waals surface area (Å²) in [4.78, 5) is 125. The minimum atomic E-state index is -1.85. The lowest BCUT2D eigenvalue weighted by Crippen LogP contribution is -2.67. The normalized spacial score (nSPS) is 22.6. The van der Waals surface area contributed by atoms with E-state index in [9.17, 15) is 47.9 Å². The molecule has 11 atom stereocenters. The Morgan fingerprint density at radius 3 is 1.73 bits per heavy atom. The summed E-state index contributed by atoms with van der Waals surface area (Å²) in [5.41, 5.74) is 2.58. The molecule has 3 aromatic rings. The minimum absolute atomic E-state index is 0.112. The second kappa shape index (κ2) is 31.8. The number of amides is 2. The first-order valence-corrected chi connectivity index (χ1v) is 26.0. The van der Waals surface area contributed by atoms with E-state index in [0.29, 0.717) is 43.5 Å². The number of benzene rings is 2. The number of rotatable bonds is 28. The molecular weight excluding hydrogens is 1070 g/mol.